The number of fused-ring (bicyclic) bond motifs is 1. The molecule has 2 heterocycles. The normalized spacial score (nSPS) is 17.5. The van der Waals surface area contributed by atoms with E-state index < -0.39 is 0 Å². The van der Waals surface area contributed by atoms with Crippen molar-refractivity contribution in [3.05, 3.63) is 59.7 Å². The van der Waals surface area contributed by atoms with Gasteiger partial charge in [-0.05, 0) is 49.2 Å². The first-order valence-electron chi connectivity index (χ1n) is 9.74. The van der Waals surface area contributed by atoms with Crippen molar-refractivity contribution in [1.29, 1.82) is 0 Å². The van der Waals surface area contributed by atoms with Crippen LogP contribution in [0.15, 0.2) is 48.5 Å². The van der Waals surface area contributed by atoms with Gasteiger partial charge in [0.2, 0.25) is 5.91 Å². The third-order valence-corrected chi connectivity index (χ3v) is 5.23. The van der Waals surface area contributed by atoms with Crippen molar-refractivity contribution in [2.45, 2.75) is 25.3 Å². The van der Waals surface area contributed by atoms with Crippen LogP contribution in [-0.4, -0.2) is 43.7 Å². The van der Waals surface area contributed by atoms with Crippen LogP contribution in [0.25, 0.3) is 0 Å². The summed E-state index contributed by atoms with van der Waals surface area (Å²) in [7, 11) is 0. The number of hydrogen-bond acceptors (Lipinski definition) is 4. The van der Waals surface area contributed by atoms with E-state index in [9.17, 15) is 4.79 Å². The molecular weight excluding hydrogens is 340 g/mol. The van der Waals surface area contributed by atoms with E-state index in [1.54, 1.807) is 0 Å². The molecule has 1 amide bonds. The van der Waals surface area contributed by atoms with Crippen molar-refractivity contribution in [3.8, 4) is 11.5 Å². The molecule has 5 heteroatoms. The number of hydrogen-bond donors (Lipinski definition) is 1. The van der Waals surface area contributed by atoms with Gasteiger partial charge < -0.3 is 14.8 Å². The zero-order valence-corrected chi connectivity index (χ0v) is 15.5. The molecule has 27 heavy (non-hydrogen) atoms. The number of ether oxygens (including phenoxy) is 2. The second-order valence-electron chi connectivity index (χ2n) is 7.13. The Morgan fingerprint density at radius 3 is 2.52 bits per heavy atom. The first-order valence-corrected chi connectivity index (χ1v) is 9.74. The summed E-state index contributed by atoms with van der Waals surface area (Å²) in [5.74, 6) is 1.51. The third-order valence-electron chi connectivity index (χ3n) is 5.23. The molecule has 0 aromatic heterocycles. The van der Waals surface area contributed by atoms with E-state index in [-0.39, 0.29) is 11.9 Å². The Morgan fingerprint density at radius 2 is 1.74 bits per heavy atom. The SMILES string of the molecule is O=C(Cc1ccc2c(c1)OCCO2)NCC(c1ccccc1)N1CCCC1. The van der Waals surface area contributed by atoms with Gasteiger partial charge in [-0.25, -0.2) is 0 Å². The summed E-state index contributed by atoms with van der Waals surface area (Å²) >= 11 is 0. The van der Waals surface area contributed by atoms with Crippen molar-refractivity contribution in [2.75, 3.05) is 32.8 Å². The molecule has 142 valence electrons. The average Bonchev–Trinajstić information content (AvgIpc) is 3.23. The maximum atomic E-state index is 12.5. The number of rotatable bonds is 6. The fraction of sp³-hybridized carbons (Fsp3) is 0.409. The first kappa shape index (κ1) is 17.9. The molecule has 0 aliphatic carbocycles. The molecule has 1 N–H and O–H groups in total. The molecule has 5 nitrogen and oxygen atoms in total. The Morgan fingerprint density at radius 1 is 1.00 bits per heavy atom. The molecule has 0 bridgehead atoms. The van der Waals surface area contributed by atoms with Gasteiger partial charge in [-0.2, -0.15) is 0 Å². The fourth-order valence-electron chi connectivity index (χ4n) is 3.84. The monoisotopic (exact) mass is 366 g/mol. The molecular formula is C22H26N2O3. The standard InChI is InChI=1S/C22H26N2O3/c25-22(15-17-8-9-20-21(14-17)27-13-12-26-20)23-16-19(24-10-4-5-11-24)18-6-2-1-3-7-18/h1-3,6-9,14,19H,4-5,10-13,15-16H2,(H,23,25). The van der Waals surface area contributed by atoms with Gasteiger partial charge in [-0.1, -0.05) is 36.4 Å². The van der Waals surface area contributed by atoms with Crippen LogP contribution in [0.1, 0.15) is 30.0 Å². The predicted molar refractivity (Wildman–Crippen MR) is 104 cm³/mol. The summed E-state index contributed by atoms with van der Waals surface area (Å²) in [6.07, 6.45) is 2.81. The van der Waals surface area contributed by atoms with Crippen molar-refractivity contribution in [3.63, 3.8) is 0 Å². The molecule has 2 aliphatic rings. The van der Waals surface area contributed by atoms with E-state index in [4.69, 9.17) is 9.47 Å². The number of benzene rings is 2. The topological polar surface area (TPSA) is 50.8 Å². The largest absolute Gasteiger partial charge is 0.486 e. The van der Waals surface area contributed by atoms with Crippen LogP contribution >= 0.6 is 0 Å². The molecule has 2 aromatic rings. The van der Waals surface area contributed by atoms with E-state index in [1.807, 2.05) is 24.3 Å². The summed E-state index contributed by atoms with van der Waals surface area (Å²) in [5, 5.41) is 3.13. The van der Waals surface area contributed by atoms with E-state index >= 15 is 0 Å². The van der Waals surface area contributed by atoms with Crippen LogP contribution in [0, 0.1) is 0 Å². The summed E-state index contributed by atoms with van der Waals surface area (Å²) < 4.78 is 11.1. The van der Waals surface area contributed by atoms with Gasteiger partial charge in [0.15, 0.2) is 11.5 Å². The number of carbonyl (C=O) groups excluding carboxylic acids is 1. The first-order chi connectivity index (χ1) is 13.3. The maximum Gasteiger partial charge on any atom is 0.224 e. The van der Waals surface area contributed by atoms with Crippen molar-refractivity contribution in [2.24, 2.45) is 0 Å². The molecule has 1 unspecified atom stereocenters. The molecule has 2 aromatic carbocycles. The molecule has 1 fully saturated rings. The van der Waals surface area contributed by atoms with Crippen LogP contribution in [-0.2, 0) is 11.2 Å². The Bertz CT molecular complexity index is 772. The molecule has 2 aliphatic heterocycles. The van der Waals surface area contributed by atoms with Gasteiger partial charge >= 0.3 is 0 Å². The molecule has 0 saturated carbocycles. The fourth-order valence-corrected chi connectivity index (χ4v) is 3.84. The minimum absolute atomic E-state index is 0.0341. The van der Waals surface area contributed by atoms with Gasteiger partial charge in [-0.15, -0.1) is 0 Å². The lowest BCUT2D eigenvalue weighted by Crippen LogP contribution is -2.37. The summed E-state index contributed by atoms with van der Waals surface area (Å²) in [4.78, 5) is 15.0. The second-order valence-corrected chi connectivity index (χ2v) is 7.13. The number of nitrogens with one attached hydrogen (secondary N) is 1. The van der Waals surface area contributed by atoms with Crippen LogP contribution < -0.4 is 14.8 Å². The Labute approximate surface area is 160 Å². The molecule has 0 radical (unpaired) electrons. The quantitative estimate of drug-likeness (QED) is 0.854. The highest BCUT2D eigenvalue weighted by atomic mass is 16.6. The zero-order valence-electron chi connectivity index (χ0n) is 15.5. The lowest BCUT2D eigenvalue weighted by Gasteiger charge is -2.28. The molecule has 1 saturated heterocycles. The Kier molecular flexibility index (Phi) is 5.58. The summed E-state index contributed by atoms with van der Waals surface area (Å²) in [6, 6.07) is 16.4. The minimum atomic E-state index is 0.0341. The Balaban J connectivity index is 1.38. The van der Waals surface area contributed by atoms with Crippen molar-refractivity contribution in [1.82, 2.24) is 10.2 Å². The lowest BCUT2D eigenvalue weighted by atomic mass is 10.1. The van der Waals surface area contributed by atoms with E-state index in [0.29, 0.717) is 26.2 Å². The number of amides is 1. The van der Waals surface area contributed by atoms with Gasteiger partial charge in [-0.3, -0.25) is 9.69 Å². The summed E-state index contributed by atoms with van der Waals surface area (Å²) in [6.45, 7) is 3.95. The van der Waals surface area contributed by atoms with Crippen molar-refractivity contribution >= 4 is 5.91 Å². The minimum Gasteiger partial charge on any atom is -0.486 e. The number of likely N-dealkylation sites (tertiary alicyclic amines) is 1. The third kappa shape index (κ3) is 4.42. The highest BCUT2D eigenvalue weighted by Gasteiger charge is 2.24. The van der Waals surface area contributed by atoms with E-state index in [1.165, 1.54) is 18.4 Å². The summed E-state index contributed by atoms with van der Waals surface area (Å²) in [5.41, 5.74) is 2.20. The molecule has 4 rings (SSSR count). The van der Waals surface area contributed by atoms with Crippen LogP contribution in [0.5, 0.6) is 11.5 Å². The second kappa shape index (κ2) is 8.44. The predicted octanol–water partition coefficient (Wildman–Crippen LogP) is 2.95. The van der Waals surface area contributed by atoms with Gasteiger partial charge in [0.25, 0.3) is 0 Å². The number of nitrogens with zero attached hydrogens (tertiary/aromatic N) is 1. The van der Waals surface area contributed by atoms with Crippen molar-refractivity contribution < 1.29 is 14.3 Å². The average molecular weight is 366 g/mol. The zero-order chi connectivity index (χ0) is 18.5. The molecule has 0 spiro atoms. The smallest absolute Gasteiger partial charge is 0.224 e. The Hall–Kier alpha value is -2.53. The number of carbonyl (C=O) groups is 1. The van der Waals surface area contributed by atoms with Gasteiger partial charge in [0.05, 0.1) is 12.5 Å². The lowest BCUT2D eigenvalue weighted by molar-refractivity contribution is -0.120. The van der Waals surface area contributed by atoms with E-state index in [2.05, 4.69) is 34.5 Å². The highest BCUT2D eigenvalue weighted by molar-refractivity contribution is 5.78. The molecule has 1 atom stereocenters. The maximum absolute atomic E-state index is 12.5. The van der Waals surface area contributed by atoms with Crippen LogP contribution in [0.4, 0.5) is 0 Å². The highest BCUT2D eigenvalue weighted by Crippen LogP contribution is 2.31. The van der Waals surface area contributed by atoms with Crippen LogP contribution in [0.2, 0.25) is 0 Å². The van der Waals surface area contributed by atoms with Gasteiger partial charge in [0, 0.05) is 6.54 Å². The van der Waals surface area contributed by atoms with Crippen LogP contribution in [0.3, 0.4) is 0 Å². The van der Waals surface area contributed by atoms with E-state index in [0.717, 1.165) is 30.2 Å². The van der Waals surface area contributed by atoms with Gasteiger partial charge in [0.1, 0.15) is 13.2 Å².